The van der Waals surface area contributed by atoms with Crippen LogP contribution < -0.4 is 0 Å². The Hall–Kier alpha value is -0.200. The predicted molar refractivity (Wildman–Crippen MR) is 78.6 cm³/mol. The Bertz CT molecular complexity index is 309. The van der Waals surface area contributed by atoms with Gasteiger partial charge in [-0.25, -0.2) is 0 Å². The summed E-state index contributed by atoms with van der Waals surface area (Å²) in [6.07, 6.45) is 3.57. The van der Waals surface area contributed by atoms with Gasteiger partial charge in [-0.05, 0) is 30.6 Å². The van der Waals surface area contributed by atoms with E-state index in [0.29, 0.717) is 11.5 Å². The molecule has 0 aromatic heterocycles. The average molecular weight is 266 g/mol. The Balaban J connectivity index is 2.05. The van der Waals surface area contributed by atoms with Crippen LogP contribution in [-0.4, -0.2) is 35.5 Å². The minimum atomic E-state index is 0.270. The molecule has 102 valence electrons. The van der Waals surface area contributed by atoms with E-state index in [9.17, 15) is 5.26 Å². The summed E-state index contributed by atoms with van der Waals surface area (Å²) >= 11 is 2.05. The van der Waals surface area contributed by atoms with Crippen molar-refractivity contribution in [1.29, 1.82) is 5.26 Å². The van der Waals surface area contributed by atoms with E-state index in [2.05, 4.69) is 43.5 Å². The van der Waals surface area contributed by atoms with Gasteiger partial charge in [0.15, 0.2) is 0 Å². The van der Waals surface area contributed by atoms with Crippen molar-refractivity contribution in [2.24, 2.45) is 17.3 Å². The molecule has 0 spiro atoms. The number of hydrogen-bond donors (Lipinski definition) is 0. The second-order valence-electron chi connectivity index (χ2n) is 6.83. The standard InChI is InChI=1S/C15H26N2S/c1-15(2,3)13-5-4-12(11-16)14(10-13)17-6-8-18-9-7-17/h12-14H,4-10H2,1-3H3. The monoisotopic (exact) mass is 266 g/mol. The fourth-order valence-electron chi connectivity index (χ4n) is 3.40. The summed E-state index contributed by atoms with van der Waals surface area (Å²) < 4.78 is 0. The first-order valence-corrected chi connectivity index (χ1v) is 8.39. The molecule has 18 heavy (non-hydrogen) atoms. The van der Waals surface area contributed by atoms with Crippen LogP contribution in [0.2, 0.25) is 0 Å². The molecule has 2 rings (SSSR count). The second kappa shape index (κ2) is 5.84. The van der Waals surface area contributed by atoms with Crippen molar-refractivity contribution in [2.45, 2.75) is 46.1 Å². The van der Waals surface area contributed by atoms with Gasteiger partial charge in [-0.2, -0.15) is 17.0 Å². The Morgan fingerprint density at radius 3 is 2.39 bits per heavy atom. The molecule has 0 radical (unpaired) electrons. The van der Waals surface area contributed by atoms with E-state index in [0.717, 1.165) is 12.3 Å². The topological polar surface area (TPSA) is 27.0 Å². The summed E-state index contributed by atoms with van der Waals surface area (Å²) in [6.45, 7) is 9.43. The summed E-state index contributed by atoms with van der Waals surface area (Å²) in [5.41, 5.74) is 0.392. The molecule has 1 aliphatic heterocycles. The smallest absolute Gasteiger partial charge is 0.0672 e. The molecule has 3 heteroatoms. The van der Waals surface area contributed by atoms with Gasteiger partial charge >= 0.3 is 0 Å². The average Bonchev–Trinajstić information content (AvgIpc) is 2.38. The van der Waals surface area contributed by atoms with Gasteiger partial charge in [0, 0.05) is 30.6 Å². The first-order valence-electron chi connectivity index (χ1n) is 7.24. The number of nitrogens with zero attached hydrogens (tertiary/aromatic N) is 2. The highest BCUT2D eigenvalue weighted by atomic mass is 32.2. The SMILES string of the molecule is CC(C)(C)C1CCC(C#N)C(N2CCSCC2)C1. The molecular formula is C15H26N2S. The van der Waals surface area contributed by atoms with E-state index in [1.807, 2.05) is 0 Å². The quantitative estimate of drug-likeness (QED) is 0.728. The number of rotatable bonds is 1. The number of hydrogen-bond acceptors (Lipinski definition) is 3. The molecule has 3 unspecified atom stereocenters. The van der Waals surface area contributed by atoms with Gasteiger partial charge in [0.1, 0.15) is 0 Å². The fraction of sp³-hybridized carbons (Fsp3) is 0.933. The zero-order valence-electron chi connectivity index (χ0n) is 12.0. The molecule has 0 aromatic carbocycles. The molecule has 0 bridgehead atoms. The summed E-state index contributed by atoms with van der Waals surface area (Å²) in [5.74, 6) is 3.54. The van der Waals surface area contributed by atoms with Crippen molar-refractivity contribution in [2.75, 3.05) is 24.6 Å². The minimum absolute atomic E-state index is 0.270. The summed E-state index contributed by atoms with van der Waals surface area (Å²) in [4.78, 5) is 2.60. The molecule has 2 aliphatic rings. The third kappa shape index (κ3) is 3.22. The van der Waals surface area contributed by atoms with E-state index in [1.165, 1.54) is 37.4 Å². The first-order chi connectivity index (χ1) is 8.52. The molecular weight excluding hydrogens is 240 g/mol. The van der Waals surface area contributed by atoms with Crippen molar-refractivity contribution in [1.82, 2.24) is 4.90 Å². The lowest BCUT2D eigenvalue weighted by molar-refractivity contribution is 0.0662. The molecule has 2 fully saturated rings. The lowest BCUT2D eigenvalue weighted by atomic mass is 9.68. The summed E-state index contributed by atoms with van der Waals surface area (Å²) in [6, 6.07) is 3.10. The van der Waals surface area contributed by atoms with Crippen LogP contribution in [0.3, 0.4) is 0 Å². The van der Waals surface area contributed by atoms with E-state index in [1.54, 1.807) is 0 Å². The van der Waals surface area contributed by atoms with Crippen LogP contribution in [0.5, 0.6) is 0 Å². The van der Waals surface area contributed by atoms with Crippen molar-refractivity contribution in [3.63, 3.8) is 0 Å². The molecule has 0 N–H and O–H groups in total. The van der Waals surface area contributed by atoms with Crippen LogP contribution >= 0.6 is 11.8 Å². The number of nitriles is 1. The zero-order valence-corrected chi connectivity index (χ0v) is 12.8. The van der Waals surface area contributed by atoms with Crippen LogP contribution in [0, 0.1) is 28.6 Å². The van der Waals surface area contributed by atoms with Gasteiger partial charge in [-0.1, -0.05) is 20.8 Å². The van der Waals surface area contributed by atoms with Crippen molar-refractivity contribution < 1.29 is 0 Å². The second-order valence-corrected chi connectivity index (χ2v) is 8.05. The molecule has 1 saturated carbocycles. The molecule has 1 heterocycles. The summed E-state index contributed by atoms with van der Waals surface area (Å²) in [7, 11) is 0. The predicted octanol–water partition coefficient (Wildman–Crippen LogP) is 3.39. The Morgan fingerprint density at radius 1 is 1.17 bits per heavy atom. The molecule has 1 saturated heterocycles. The largest absolute Gasteiger partial charge is 0.297 e. The summed E-state index contributed by atoms with van der Waals surface area (Å²) in [5, 5.41) is 9.40. The highest BCUT2D eigenvalue weighted by Gasteiger charge is 2.38. The molecule has 3 atom stereocenters. The third-order valence-corrected chi connectivity index (χ3v) is 5.66. The number of thioether (sulfide) groups is 1. The zero-order chi connectivity index (χ0) is 13.2. The molecule has 1 aliphatic carbocycles. The highest BCUT2D eigenvalue weighted by molar-refractivity contribution is 7.99. The first kappa shape index (κ1) is 14.2. The van der Waals surface area contributed by atoms with Gasteiger partial charge in [0.2, 0.25) is 0 Å². The third-order valence-electron chi connectivity index (χ3n) is 4.72. The molecule has 2 nitrogen and oxygen atoms in total. The van der Waals surface area contributed by atoms with E-state index in [4.69, 9.17) is 0 Å². The van der Waals surface area contributed by atoms with E-state index >= 15 is 0 Å². The van der Waals surface area contributed by atoms with Crippen LogP contribution in [0.25, 0.3) is 0 Å². The van der Waals surface area contributed by atoms with Gasteiger partial charge < -0.3 is 0 Å². The lowest BCUT2D eigenvalue weighted by Crippen LogP contribution is -2.49. The Kier molecular flexibility index (Phi) is 4.61. The van der Waals surface area contributed by atoms with Crippen LogP contribution in [0.4, 0.5) is 0 Å². The maximum absolute atomic E-state index is 9.40. The normalized spacial score (nSPS) is 35.1. The maximum atomic E-state index is 9.40. The van der Waals surface area contributed by atoms with E-state index in [-0.39, 0.29) is 5.92 Å². The van der Waals surface area contributed by atoms with Crippen LogP contribution in [0.15, 0.2) is 0 Å². The van der Waals surface area contributed by atoms with Gasteiger partial charge in [0.05, 0.1) is 12.0 Å². The van der Waals surface area contributed by atoms with Crippen molar-refractivity contribution >= 4 is 11.8 Å². The Labute approximate surface area is 116 Å². The minimum Gasteiger partial charge on any atom is -0.297 e. The lowest BCUT2D eigenvalue weighted by Gasteiger charge is -2.45. The van der Waals surface area contributed by atoms with Crippen LogP contribution in [0.1, 0.15) is 40.0 Å². The molecule has 0 amide bonds. The van der Waals surface area contributed by atoms with Gasteiger partial charge in [-0.15, -0.1) is 0 Å². The van der Waals surface area contributed by atoms with E-state index < -0.39 is 0 Å². The fourth-order valence-corrected chi connectivity index (χ4v) is 4.33. The van der Waals surface area contributed by atoms with Gasteiger partial charge in [-0.3, -0.25) is 4.90 Å². The van der Waals surface area contributed by atoms with Crippen molar-refractivity contribution in [3.05, 3.63) is 0 Å². The highest BCUT2D eigenvalue weighted by Crippen LogP contribution is 2.41. The van der Waals surface area contributed by atoms with Gasteiger partial charge in [0.25, 0.3) is 0 Å². The Morgan fingerprint density at radius 2 is 1.83 bits per heavy atom. The maximum Gasteiger partial charge on any atom is 0.0672 e. The van der Waals surface area contributed by atoms with Crippen LogP contribution in [-0.2, 0) is 0 Å². The van der Waals surface area contributed by atoms with Crippen molar-refractivity contribution in [3.8, 4) is 6.07 Å². The molecule has 0 aromatic rings.